The van der Waals surface area contributed by atoms with Crippen LogP contribution in [0.4, 0.5) is 5.69 Å². The molecule has 17 heteroatoms. The maximum atomic E-state index is 13.3. The molecule has 373 valence electrons. The van der Waals surface area contributed by atoms with Crippen molar-refractivity contribution in [3.05, 3.63) is 159 Å². The van der Waals surface area contributed by atoms with Crippen LogP contribution in [-0.2, 0) is 66.0 Å². The molecule has 4 heterocycles. The molecule has 8 rings (SSSR count). The van der Waals surface area contributed by atoms with Crippen LogP contribution in [0.25, 0.3) is 11.3 Å². The van der Waals surface area contributed by atoms with Gasteiger partial charge < -0.3 is 41.5 Å². The van der Waals surface area contributed by atoms with Crippen molar-refractivity contribution in [1.82, 2.24) is 34.9 Å². The molecule has 3 N–H and O–H groups in total. The quantitative estimate of drug-likeness (QED) is 0.0751. The zero-order valence-corrected chi connectivity index (χ0v) is 44.3. The maximum absolute atomic E-state index is 13.3. The van der Waals surface area contributed by atoms with Crippen molar-refractivity contribution in [2.24, 2.45) is 7.05 Å². The van der Waals surface area contributed by atoms with Crippen LogP contribution in [0.1, 0.15) is 117 Å². The minimum absolute atomic E-state index is 0. The zero-order chi connectivity index (χ0) is 51.0. The molecule has 2 saturated heterocycles. The number of aryl methyl sites for hydroxylation is 1. The molecule has 0 aliphatic carbocycles. The number of hydrogen-bond acceptors (Lipinski definition) is 10. The predicted octanol–water partition coefficient (Wildman–Crippen LogP) is 5.66. The van der Waals surface area contributed by atoms with Gasteiger partial charge in [0.05, 0.1) is 11.6 Å². The molecule has 72 heavy (non-hydrogen) atoms. The summed E-state index contributed by atoms with van der Waals surface area (Å²) in [5, 5.41) is 7.92. The molecule has 1 atom stereocenters. The summed E-state index contributed by atoms with van der Waals surface area (Å²) in [5.74, 6) is -2.45. The van der Waals surface area contributed by atoms with E-state index >= 15 is 0 Å². The van der Waals surface area contributed by atoms with Gasteiger partial charge in [0.15, 0.2) is 5.91 Å². The van der Waals surface area contributed by atoms with Crippen LogP contribution >= 0.6 is 0 Å². The standard InChI is InChI=1S/C42H51N6O4.C13H9N2O4.Y/c1-29-35(11-10-12-36(29)45-39(50)32-17-19-34(20-18-32)42(3,4)5)38-28-46(6)41(52)37(44-38)27-31-13-15-33(16-14-31)40(51)48-25-23-47(24-26-48)22-9-7-8-21-43-30(2)49;16-10-6-5-9(11(17)14-10)15-12(18)7-3-1-2-4-8(7)13(15)19;/h10-20,28H,2,7-9,21-27H2,1,3-6H3,(H,43,49)(H,45,50);1-3,9H,5-6H2,(H,14,16,17);/q2*-1;. The first-order valence-electron chi connectivity index (χ1n) is 23.9. The molecule has 1 radical (unpaired) electrons. The second kappa shape index (κ2) is 24.2. The smallest absolute Gasteiger partial charge is 0.272 e. The SMILES string of the molecule is O=C1CCC(N2C(=O)c3[c-]cccc3C2=O)C(=O)N1.[CH2-]C(=O)NCCCCCN1CCN(C(=O)c2ccc(Cc3nc(-c4cccc(NC(=O)c5ccc(C(C)(C)C)cc5)c4C)cn(C)c3=O)cc2)CC1.[Y]. The van der Waals surface area contributed by atoms with E-state index < -0.39 is 23.8 Å². The largest absolute Gasteiger partial charge is 0.381 e. The summed E-state index contributed by atoms with van der Waals surface area (Å²) >= 11 is 0. The van der Waals surface area contributed by atoms with Crippen LogP contribution in [0.2, 0.25) is 0 Å². The minimum Gasteiger partial charge on any atom is -0.381 e. The number of benzene rings is 4. The number of nitrogens with one attached hydrogen (secondary N) is 3. The Morgan fingerprint density at radius 1 is 0.833 bits per heavy atom. The van der Waals surface area contributed by atoms with Crippen LogP contribution in [-0.4, -0.2) is 111 Å². The van der Waals surface area contributed by atoms with E-state index in [1.807, 2.05) is 78.6 Å². The van der Waals surface area contributed by atoms with E-state index in [9.17, 15) is 38.4 Å². The molecule has 0 spiro atoms. The molecule has 16 nitrogen and oxygen atoms in total. The third-order valence-corrected chi connectivity index (χ3v) is 13.0. The van der Waals surface area contributed by atoms with E-state index in [1.54, 1.807) is 23.9 Å². The molecule has 0 saturated carbocycles. The minimum atomic E-state index is -0.918. The fourth-order valence-electron chi connectivity index (χ4n) is 8.80. The Bertz CT molecular complexity index is 2870. The number of unbranched alkanes of at least 4 members (excludes halogenated alkanes) is 2. The van der Waals surface area contributed by atoms with E-state index in [4.69, 9.17) is 4.98 Å². The molecular weight excluding hydrogens is 990 g/mol. The number of piperidine rings is 1. The van der Waals surface area contributed by atoms with Gasteiger partial charge in [-0.2, -0.15) is 0 Å². The van der Waals surface area contributed by atoms with Crippen molar-refractivity contribution in [2.45, 2.75) is 77.7 Å². The fraction of sp³-hybridized carbons (Fsp3) is 0.345. The Morgan fingerprint density at radius 3 is 2.17 bits per heavy atom. The number of fused-ring (bicyclic) bond motifs is 1. The van der Waals surface area contributed by atoms with Crippen molar-refractivity contribution >= 4 is 47.0 Å². The average Bonchev–Trinajstić information content (AvgIpc) is 3.60. The number of rotatable bonds is 13. The van der Waals surface area contributed by atoms with Gasteiger partial charge in [0.2, 0.25) is 17.7 Å². The van der Waals surface area contributed by atoms with E-state index in [1.165, 1.54) is 12.1 Å². The third-order valence-electron chi connectivity index (χ3n) is 13.0. The summed E-state index contributed by atoms with van der Waals surface area (Å²) in [4.78, 5) is 108. The summed E-state index contributed by atoms with van der Waals surface area (Å²) in [6.07, 6.45) is 5.35. The van der Waals surface area contributed by atoms with Gasteiger partial charge in [0.25, 0.3) is 17.4 Å². The molecule has 5 aromatic rings. The number of aromatic nitrogens is 2. The van der Waals surface area contributed by atoms with Crippen molar-refractivity contribution in [3.8, 4) is 11.3 Å². The second-order valence-corrected chi connectivity index (χ2v) is 19.1. The number of amides is 7. The number of anilines is 1. The molecule has 1 unspecified atom stereocenters. The molecule has 0 bridgehead atoms. The van der Waals surface area contributed by atoms with Crippen LogP contribution in [0.3, 0.4) is 0 Å². The predicted molar refractivity (Wildman–Crippen MR) is 269 cm³/mol. The summed E-state index contributed by atoms with van der Waals surface area (Å²) in [6, 6.07) is 27.3. The normalized spacial score (nSPS) is 15.7. The summed E-state index contributed by atoms with van der Waals surface area (Å²) in [6.45, 7) is 16.4. The number of imide groups is 2. The van der Waals surface area contributed by atoms with Crippen molar-refractivity contribution in [2.75, 3.05) is 44.6 Å². The first kappa shape index (κ1) is 54.7. The van der Waals surface area contributed by atoms with Crippen molar-refractivity contribution < 1.29 is 66.3 Å². The summed E-state index contributed by atoms with van der Waals surface area (Å²) in [5.41, 5.74) is 6.85. The van der Waals surface area contributed by atoms with E-state index in [0.717, 1.165) is 66.1 Å². The molecule has 1 aromatic heterocycles. The molecule has 3 aliphatic rings. The maximum Gasteiger partial charge on any atom is 0.272 e. The molecule has 3 aliphatic heterocycles. The number of nitrogens with zero attached hydrogens (tertiary/aromatic N) is 5. The van der Waals surface area contributed by atoms with Crippen LogP contribution < -0.4 is 21.5 Å². The second-order valence-electron chi connectivity index (χ2n) is 19.1. The summed E-state index contributed by atoms with van der Waals surface area (Å²) < 4.78 is 1.54. The van der Waals surface area contributed by atoms with Gasteiger partial charge in [0.1, 0.15) is 11.7 Å². The molecule has 4 aromatic carbocycles. The topological polar surface area (TPSA) is 200 Å². The van der Waals surface area contributed by atoms with Crippen LogP contribution in [0, 0.1) is 19.9 Å². The monoisotopic (exact) mass is 1050 g/mol. The number of piperazine rings is 1. The Kier molecular flexibility index (Phi) is 18.4. The molecule has 7 amide bonds. The van der Waals surface area contributed by atoms with Gasteiger partial charge >= 0.3 is 0 Å². The Balaban J connectivity index is 0.000000352. The van der Waals surface area contributed by atoms with Gasteiger partial charge in [0, 0.05) is 114 Å². The third kappa shape index (κ3) is 13.3. The van der Waals surface area contributed by atoms with Crippen LogP contribution in [0.5, 0.6) is 0 Å². The van der Waals surface area contributed by atoms with E-state index in [0.29, 0.717) is 54.3 Å². The number of carbonyl (C=O) groups is 7. The first-order valence-corrected chi connectivity index (χ1v) is 23.9. The van der Waals surface area contributed by atoms with Crippen molar-refractivity contribution in [3.63, 3.8) is 0 Å². The van der Waals surface area contributed by atoms with Gasteiger partial charge in [-0.1, -0.05) is 69.2 Å². The Labute approximate surface area is 445 Å². The van der Waals surface area contributed by atoms with Crippen LogP contribution in [0.15, 0.2) is 95.9 Å². The van der Waals surface area contributed by atoms with Gasteiger partial charge in [-0.25, -0.2) is 4.98 Å². The Morgan fingerprint density at radius 2 is 1.51 bits per heavy atom. The van der Waals surface area contributed by atoms with Gasteiger partial charge in [-0.15, -0.1) is 24.3 Å². The average molecular weight is 1050 g/mol. The Hall–Kier alpha value is -6.62. The zero-order valence-electron chi connectivity index (χ0n) is 41.5. The van der Waals surface area contributed by atoms with E-state index in [2.05, 4.69) is 54.6 Å². The number of carbonyl (C=O) groups excluding carboxylic acids is 7. The first-order chi connectivity index (χ1) is 33.9. The van der Waals surface area contributed by atoms with E-state index in [-0.39, 0.29) is 91.3 Å². The van der Waals surface area contributed by atoms with Gasteiger partial charge in [-0.05, 0) is 90.7 Å². The molecule has 2 fully saturated rings. The van der Waals surface area contributed by atoms with Gasteiger partial charge in [-0.3, -0.25) is 39.0 Å². The fourth-order valence-corrected chi connectivity index (χ4v) is 8.80. The van der Waals surface area contributed by atoms with Crippen molar-refractivity contribution in [1.29, 1.82) is 0 Å². The number of hydrogen-bond donors (Lipinski definition) is 3. The summed E-state index contributed by atoms with van der Waals surface area (Å²) in [7, 11) is 1.72. The molecular formula is C55H60N8O8Y-2.